The Balaban J connectivity index is 1.74. The van der Waals surface area contributed by atoms with Gasteiger partial charge in [0.15, 0.2) is 0 Å². The van der Waals surface area contributed by atoms with Crippen LogP contribution in [0.25, 0.3) is 0 Å². The van der Waals surface area contributed by atoms with E-state index < -0.39 is 0 Å². The molecule has 156 valence electrons. The first kappa shape index (κ1) is 21.4. The summed E-state index contributed by atoms with van der Waals surface area (Å²) in [4.78, 5) is 12.8. The molecule has 0 heterocycles. The van der Waals surface area contributed by atoms with Gasteiger partial charge in [0.2, 0.25) is 0 Å². The Morgan fingerprint density at radius 2 is 1.80 bits per heavy atom. The monoisotopic (exact) mass is 407 g/mol. The van der Waals surface area contributed by atoms with Crippen molar-refractivity contribution < 1.29 is 18.7 Å². The smallest absolute Gasteiger partial charge is 0.251 e. The van der Waals surface area contributed by atoms with Gasteiger partial charge in [-0.1, -0.05) is 24.3 Å². The topological polar surface area (TPSA) is 47.6 Å². The van der Waals surface area contributed by atoms with Gasteiger partial charge in [0.05, 0.1) is 12.6 Å². The van der Waals surface area contributed by atoms with E-state index in [1.807, 2.05) is 45.0 Å². The second-order valence-corrected chi connectivity index (χ2v) is 7.11. The molecule has 0 saturated heterocycles. The fourth-order valence-corrected chi connectivity index (χ4v) is 3.11. The van der Waals surface area contributed by atoms with Gasteiger partial charge in [-0.2, -0.15) is 0 Å². The summed E-state index contributed by atoms with van der Waals surface area (Å²) in [7, 11) is 0. The van der Waals surface area contributed by atoms with Crippen LogP contribution in [-0.4, -0.2) is 12.5 Å². The van der Waals surface area contributed by atoms with Gasteiger partial charge >= 0.3 is 0 Å². The fourth-order valence-electron chi connectivity index (χ4n) is 3.11. The molecule has 0 aliphatic heterocycles. The molecule has 1 N–H and O–H groups in total. The van der Waals surface area contributed by atoms with E-state index in [0.717, 1.165) is 22.4 Å². The molecule has 0 aromatic heterocycles. The van der Waals surface area contributed by atoms with Crippen molar-refractivity contribution in [2.75, 3.05) is 6.61 Å². The standard InChI is InChI=1S/C25H26FNO3/c1-4-29-24-13-10-20(15-21(24)16-30-23-7-5-6-17(2)14-23)25(28)27-18(3)19-8-11-22(26)12-9-19/h5-15,18H,4,16H2,1-3H3,(H,27,28). The minimum atomic E-state index is -0.304. The number of rotatable bonds is 8. The molecule has 3 aromatic carbocycles. The molecule has 0 fully saturated rings. The van der Waals surface area contributed by atoms with Crippen LogP contribution in [0.4, 0.5) is 4.39 Å². The molecule has 3 rings (SSSR count). The minimum absolute atomic E-state index is 0.216. The SMILES string of the molecule is CCOc1ccc(C(=O)NC(C)c2ccc(F)cc2)cc1COc1cccc(C)c1. The first-order valence-corrected chi connectivity index (χ1v) is 9.97. The van der Waals surface area contributed by atoms with Crippen LogP contribution in [0.3, 0.4) is 0 Å². The van der Waals surface area contributed by atoms with Gasteiger partial charge in [-0.05, 0) is 74.4 Å². The Morgan fingerprint density at radius 1 is 1.03 bits per heavy atom. The normalized spacial score (nSPS) is 11.6. The second-order valence-electron chi connectivity index (χ2n) is 7.11. The molecule has 1 atom stereocenters. The second kappa shape index (κ2) is 9.92. The van der Waals surface area contributed by atoms with E-state index in [1.165, 1.54) is 12.1 Å². The van der Waals surface area contributed by atoms with E-state index in [2.05, 4.69) is 5.32 Å². The zero-order valence-corrected chi connectivity index (χ0v) is 17.4. The number of ether oxygens (including phenoxy) is 2. The van der Waals surface area contributed by atoms with Gasteiger partial charge < -0.3 is 14.8 Å². The summed E-state index contributed by atoms with van der Waals surface area (Å²) in [6.07, 6.45) is 0. The predicted molar refractivity (Wildman–Crippen MR) is 115 cm³/mol. The van der Waals surface area contributed by atoms with Crippen molar-refractivity contribution in [3.05, 3.63) is 94.8 Å². The summed E-state index contributed by atoms with van der Waals surface area (Å²) < 4.78 is 24.7. The van der Waals surface area contributed by atoms with Crippen molar-refractivity contribution in [2.24, 2.45) is 0 Å². The number of benzene rings is 3. The highest BCUT2D eigenvalue weighted by atomic mass is 19.1. The Hall–Kier alpha value is -3.34. The lowest BCUT2D eigenvalue weighted by Gasteiger charge is -2.16. The van der Waals surface area contributed by atoms with Crippen molar-refractivity contribution in [1.29, 1.82) is 0 Å². The predicted octanol–water partition coefficient (Wildman–Crippen LogP) is 5.60. The number of halogens is 1. The summed E-state index contributed by atoms with van der Waals surface area (Å²) in [6.45, 7) is 6.58. The summed E-state index contributed by atoms with van der Waals surface area (Å²) in [6, 6.07) is 19.0. The van der Waals surface area contributed by atoms with E-state index in [1.54, 1.807) is 30.3 Å². The molecule has 1 unspecified atom stereocenters. The van der Waals surface area contributed by atoms with Crippen molar-refractivity contribution in [2.45, 2.75) is 33.4 Å². The number of carbonyl (C=O) groups excluding carboxylic acids is 1. The van der Waals surface area contributed by atoms with Gasteiger partial charge in [-0.3, -0.25) is 4.79 Å². The van der Waals surface area contributed by atoms with Gasteiger partial charge in [0, 0.05) is 11.1 Å². The Kier molecular flexibility index (Phi) is 7.07. The number of hydrogen-bond acceptors (Lipinski definition) is 3. The third-order valence-corrected chi connectivity index (χ3v) is 4.72. The Labute approximate surface area is 176 Å². The molecule has 0 radical (unpaired) electrons. The quantitative estimate of drug-likeness (QED) is 0.528. The third-order valence-electron chi connectivity index (χ3n) is 4.72. The molecule has 0 aliphatic rings. The number of amides is 1. The first-order chi connectivity index (χ1) is 14.5. The highest BCUT2D eigenvalue weighted by molar-refractivity contribution is 5.94. The number of nitrogens with one attached hydrogen (secondary N) is 1. The van der Waals surface area contributed by atoms with E-state index in [0.29, 0.717) is 17.9 Å². The molecule has 0 saturated carbocycles. The summed E-state index contributed by atoms with van der Waals surface area (Å²) >= 11 is 0. The Morgan fingerprint density at radius 3 is 2.50 bits per heavy atom. The van der Waals surface area contributed by atoms with E-state index >= 15 is 0 Å². The van der Waals surface area contributed by atoms with Crippen LogP contribution in [0.5, 0.6) is 11.5 Å². The van der Waals surface area contributed by atoms with Crippen LogP contribution in [-0.2, 0) is 6.61 Å². The zero-order valence-electron chi connectivity index (χ0n) is 17.4. The molecule has 1 amide bonds. The molecule has 3 aromatic rings. The van der Waals surface area contributed by atoms with E-state index in [4.69, 9.17) is 9.47 Å². The average Bonchev–Trinajstić information content (AvgIpc) is 2.73. The average molecular weight is 407 g/mol. The first-order valence-electron chi connectivity index (χ1n) is 9.97. The highest BCUT2D eigenvalue weighted by Gasteiger charge is 2.14. The summed E-state index contributed by atoms with van der Waals surface area (Å²) in [5, 5.41) is 2.95. The molecular weight excluding hydrogens is 381 g/mol. The van der Waals surface area contributed by atoms with Gasteiger partial charge in [0.25, 0.3) is 5.91 Å². The maximum atomic E-state index is 13.1. The maximum Gasteiger partial charge on any atom is 0.251 e. The van der Waals surface area contributed by atoms with Crippen LogP contribution < -0.4 is 14.8 Å². The molecule has 0 bridgehead atoms. The lowest BCUT2D eigenvalue weighted by Crippen LogP contribution is -2.26. The van der Waals surface area contributed by atoms with Crippen LogP contribution in [0.15, 0.2) is 66.7 Å². The fraction of sp³-hybridized carbons (Fsp3) is 0.240. The van der Waals surface area contributed by atoms with Crippen molar-refractivity contribution in [3.63, 3.8) is 0 Å². The summed E-state index contributed by atoms with van der Waals surface area (Å²) in [5.74, 6) is 0.930. The largest absolute Gasteiger partial charge is 0.493 e. The van der Waals surface area contributed by atoms with Crippen LogP contribution >= 0.6 is 0 Å². The van der Waals surface area contributed by atoms with Gasteiger partial charge in [-0.15, -0.1) is 0 Å². The molecule has 0 spiro atoms. The van der Waals surface area contributed by atoms with Crippen molar-refractivity contribution >= 4 is 5.91 Å². The molecule has 5 heteroatoms. The maximum absolute atomic E-state index is 13.1. The molecule has 30 heavy (non-hydrogen) atoms. The molecular formula is C25H26FNO3. The third kappa shape index (κ3) is 5.60. The van der Waals surface area contributed by atoms with E-state index in [9.17, 15) is 9.18 Å². The zero-order chi connectivity index (χ0) is 21.5. The Bertz CT molecular complexity index is 1000. The lowest BCUT2D eigenvalue weighted by molar-refractivity contribution is 0.0939. The molecule has 4 nitrogen and oxygen atoms in total. The van der Waals surface area contributed by atoms with Crippen molar-refractivity contribution in [1.82, 2.24) is 5.32 Å². The number of carbonyl (C=O) groups is 1. The number of aryl methyl sites for hydroxylation is 1. The minimum Gasteiger partial charge on any atom is -0.493 e. The van der Waals surface area contributed by atoms with Gasteiger partial charge in [-0.25, -0.2) is 4.39 Å². The lowest BCUT2D eigenvalue weighted by atomic mass is 10.1. The van der Waals surface area contributed by atoms with E-state index in [-0.39, 0.29) is 24.4 Å². The van der Waals surface area contributed by atoms with Crippen LogP contribution in [0.2, 0.25) is 0 Å². The van der Waals surface area contributed by atoms with Crippen LogP contribution in [0.1, 0.15) is 46.9 Å². The highest BCUT2D eigenvalue weighted by Crippen LogP contribution is 2.24. The van der Waals surface area contributed by atoms with Gasteiger partial charge in [0.1, 0.15) is 23.9 Å². The number of hydrogen-bond donors (Lipinski definition) is 1. The summed E-state index contributed by atoms with van der Waals surface area (Å²) in [5.41, 5.74) is 3.25. The van der Waals surface area contributed by atoms with Crippen molar-refractivity contribution in [3.8, 4) is 11.5 Å². The van der Waals surface area contributed by atoms with Crippen LogP contribution in [0, 0.1) is 12.7 Å². The molecule has 0 aliphatic carbocycles.